The zero-order valence-electron chi connectivity index (χ0n) is 10.3. The third-order valence-corrected chi connectivity index (χ3v) is 4.52. The molecule has 0 unspecified atom stereocenters. The molecular formula is C9H15ClN4O3S. The molecule has 1 heterocycles. The molecule has 1 N–H and O–H groups in total. The maximum absolute atomic E-state index is 12.1. The highest BCUT2D eigenvalue weighted by Crippen LogP contribution is 2.21. The Kier molecular flexibility index (Phi) is 4.71. The molecule has 0 spiro atoms. The first-order chi connectivity index (χ1) is 8.30. The zero-order valence-corrected chi connectivity index (χ0v) is 11.9. The molecule has 9 heteroatoms. The molecule has 1 amide bonds. The molecule has 0 aliphatic heterocycles. The van der Waals surface area contributed by atoms with E-state index in [1.807, 2.05) is 0 Å². The van der Waals surface area contributed by atoms with E-state index < -0.39 is 10.0 Å². The molecular weight excluding hydrogens is 280 g/mol. The Morgan fingerprint density at radius 3 is 2.67 bits per heavy atom. The average molecular weight is 295 g/mol. The van der Waals surface area contributed by atoms with Crippen molar-refractivity contribution in [2.75, 3.05) is 20.1 Å². The van der Waals surface area contributed by atoms with Gasteiger partial charge in [-0.1, -0.05) is 11.6 Å². The molecule has 7 nitrogen and oxygen atoms in total. The summed E-state index contributed by atoms with van der Waals surface area (Å²) in [5.74, 6) is -0.379. The second-order valence-corrected chi connectivity index (χ2v) is 5.98. The average Bonchev–Trinajstić information content (AvgIpc) is 2.60. The van der Waals surface area contributed by atoms with Gasteiger partial charge < -0.3 is 9.88 Å². The normalized spacial score (nSPS) is 11.8. The highest BCUT2D eigenvalue weighted by atomic mass is 35.5. The Morgan fingerprint density at radius 1 is 1.61 bits per heavy atom. The molecule has 0 aliphatic rings. The number of imidazole rings is 1. The standard InChI is InChI=1S/C9H15ClN4O3S/c1-4-11-7(15)5-14(3)18(16,17)9-8(10)13(2)6-12-9/h6H,4-5H2,1-3H3,(H,11,15). The number of carbonyl (C=O) groups excluding carboxylic acids is 1. The van der Waals surface area contributed by atoms with Gasteiger partial charge in [0.2, 0.25) is 10.9 Å². The number of amides is 1. The van der Waals surface area contributed by atoms with Crippen LogP contribution >= 0.6 is 11.6 Å². The van der Waals surface area contributed by atoms with E-state index in [9.17, 15) is 13.2 Å². The van der Waals surface area contributed by atoms with Gasteiger partial charge in [-0.3, -0.25) is 4.79 Å². The molecule has 0 saturated heterocycles. The number of hydrogen-bond acceptors (Lipinski definition) is 4. The van der Waals surface area contributed by atoms with Gasteiger partial charge in [-0.15, -0.1) is 0 Å². The summed E-state index contributed by atoms with van der Waals surface area (Å²) >= 11 is 5.83. The van der Waals surface area contributed by atoms with Crippen LogP contribution in [0.1, 0.15) is 6.92 Å². The molecule has 0 radical (unpaired) electrons. The molecule has 1 aromatic rings. The van der Waals surface area contributed by atoms with Crippen LogP contribution in [0, 0.1) is 0 Å². The number of sulfonamides is 1. The minimum absolute atomic E-state index is 0.0118. The van der Waals surface area contributed by atoms with Crippen LogP contribution in [0.15, 0.2) is 11.4 Å². The highest BCUT2D eigenvalue weighted by molar-refractivity contribution is 7.89. The van der Waals surface area contributed by atoms with Crippen LogP contribution in [0.3, 0.4) is 0 Å². The van der Waals surface area contributed by atoms with Gasteiger partial charge in [0.15, 0.2) is 0 Å². The van der Waals surface area contributed by atoms with E-state index in [1.165, 1.54) is 17.9 Å². The summed E-state index contributed by atoms with van der Waals surface area (Å²) in [7, 11) is -0.971. The maximum Gasteiger partial charge on any atom is 0.263 e. The van der Waals surface area contributed by atoms with Gasteiger partial charge >= 0.3 is 0 Å². The van der Waals surface area contributed by atoms with Crippen molar-refractivity contribution in [3.05, 3.63) is 11.5 Å². The predicted molar refractivity (Wildman–Crippen MR) is 66.7 cm³/mol. The first-order valence-corrected chi connectivity index (χ1v) is 7.02. The van der Waals surface area contributed by atoms with E-state index in [-0.39, 0.29) is 22.6 Å². The smallest absolute Gasteiger partial charge is 0.263 e. The van der Waals surface area contributed by atoms with Gasteiger partial charge in [0, 0.05) is 20.6 Å². The number of nitrogens with one attached hydrogen (secondary N) is 1. The lowest BCUT2D eigenvalue weighted by Crippen LogP contribution is -2.38. The Balaban J connectivity index is 2.94. The summed E-state index contributed by atoms with van der Waals surface area (Å²) in [5, 5.41) is 2.28. The molecule has 0 aromatic carbocycles. The lowest BCUT2D eigenvalue weighted by atomic mass is 10.5. The summed E-state index contributed by atoms with van der Waals surface area (Å²) in [5.41, 5.74) is 0. The Hall–Kier alpha value is -1.12. The van der Waals surface area contributed by atoms with Crippen molar-refractivity contribution in [1.82, 2.24) is 19.2 Å². The van der Waals surface area contributed by atoms with Crippen LogP contribution in [0.2, 0.25) is 5.15 Å². The molecule has 0 bridgehead atoms. The fraction of sp³-hybridized carbons (Fsp3) is 0.556. The minimum Gasteiger partial charge on any atom is -0.355 e. The largest absolute Gasteiger partial charge is 0.355 e. The number of halogens is 1. The van der Waals surface area contributed by atoms with Gasteiger partial charge in [0.1, 0.15) is 5.15 Å². The quantitative estimate of drug-likeness (QED) is 0.817. The van der Waals surface area contributed by atoms with Gasteiger partial charge in [0.25, 0.3) is 10.0 Å². The number of likely N-dealkylation sites (N-methyl/N-ethyl adjacent to an activating group) is 2. The molecule has 1 rings (SSSR count). The van der Waals surface area contributed by atoms with Crippen molar-refractivity contribution in [2.24, 2.45) is 7.05 Å². The molecule has 0 atom stereocenters. The topological polar surface area (TPSA) is 84.3 Å². The number of hydrogen-bond donors (Lipinski definition) is 1. The Labute approximate surface area is 111 Å². The number of rotatable bonds is 5. The van der Waals surface area contributed by atoms with Crippen LogP contribution in [0.5, 0.6) is 0 Å². The summed E-state index contributed by atoms with van der Waals surface area (Å²) < 4.78 is 26.5. The van der Waals surface area contributed by atoms with Crippen molar-refractivity contribution in [2.45, 2.75) is 11.9 Å². The van der Waals surface area contributed by atoms with E-state index in [2.05, 4.69) is 10.3 Å². The van der Waals surface area contributed by atoms with E-state index in [0.717, 1.165) is 4.31 Å². The van der Waals surface area contributed by atoms with Crippen molar-refractivity contribution >= 4 is 27.5 Å². The molecule has 0 fully saturated rings. The summed E-state index contributed by atoms with van der Waals surface area (Å²) in [6.45, 7) is 1.92. The first kappa shape index (κ1) is 14.9. The fourth-order valence-electron chi connectivity index (χ4n) is 1.25. The fourth-order valence-corrected chi connectivity index (χ4v) is 2.76. The van der Waals surface area contributed by atoms with Crippen LogP contribution in [-0.4, -0.2) is 48.3 Å². The van der Waals surface area contributed by atoms with E-state index in [1.54, 1.807) is 14.0 Å². The van der Waals surface area contributed by atoms with Crippen molar-refractivity contribution in [3.8, 4) is 0 Å². The van der Waals surface area contributed by atoms with E-state index >= 15 is 0 Å². The van der Waals surface area contributed by atoms with Crippen molar-refractivity contribution in [3.63, 3.8) is 0 Å². The number of aromatic nitrogens is 2. The zero-order chi connectivity index (χ0) is 13.9. The van der Waals surface area contributed by atoms with Crippen LogP contribution in [0.25, 0.3) is 0 Å². The third-order valence-electron chi connectivity index (χ3n) is 2.23. The SMILES string of the molecule is CCNC(=O)CN(C)S(=O)(=O)c1ncn(C)c1Cl. The molecule has 102 valence electrons. The maximum atomic E-state index is 12.1. The lowest BCUT2D eigenvalue weighted by molar-refractivity contribution is -0.121. The second kappa shape index (κ2) is 5.68. The van der Waals surface area contributed by atoms with E-state index in [4.69, 9.17) is 11.6 Å². The summed E-state index contributed by atoms with van der Waals surface area (Å²) in [6.07, 6.45) is 1.30. The lowest BCUT2D eigenvalue weighted by Gasteiger charge is -2.15. The van der Waals surface area contributed by atoms with Crippen molar-refractivity contribution < 1.29 is 13.2 Å². The highest BCUT2D eigenvalue weighted by Gasteiger charge is 2.28. The molecule has 0 saturated carbocycles. The van der Waals surface area contributed by atoms with Gasteiger partial charge in [-0.25, -0.2) is 13.4 Å². The Bertz CT molecular complexity index is 540. The molecule has 0 aliphatic carbocycles. The monoisotopic (exact) mass is 294 g/mol. The first-order valence-electron chi connectivity index (χ1n) is 5.20. The minimum atomic E-state index is -3.85. The number of aryl methyl sites for hydroxylation is 1. The van der Waals surface area contributed by atoms with Gasteiger partial charge in [-0.05, 0) is 6.92 Å². The van der Waals surface area contributed by atoms with Gasteiger partial charge in [-0.2, -0.15) is 4.31 Å². The van der Waals surface area contributed by atoms with Gasteiger partial charge in [0.05, 0.1) is 12.9 Å². The van der Waals surface area contributed by atoms with Crippen LogP contribution in [-0.2, 0) is 21.9 Å². The summed E-state index contributed by atoms with van der Waals surface area (Å²) in [6, 6.07) is 0. The molecule has 1 aromatic heterocycles. The summed E-state index contributed by atoms with van der Waals surface area (Å²) in [4.78, 5) is 15.1. The molecule has 18 heavy (non-hydrogen) atoms. The van der Waals surface area contributed by atoms with Crippen LogP contribution in [0.4, 0.5) is 0 Å². The number of nitrogens with zero attached hydrogens (tertiary/aromatic N) is 3. The predicted octanol–water partition coefficient (Wildman–Crippen LogP) is -0.170. The number of carbonyl (C=O) groups is 1. The second-order valence-electron chi connectivity index (χ2n) is 3.67. The van der Waals surface area contributed by atoms with E-state index in [0.29, 0.717) is 6.54 Å². The third kappa shape index (κ3) is 3.01. The Morgan fingerprint density at radius 2 is 2.22 bits per heavy atom. The van der Waals surface area contributed by atoms with Crippen LogP contribution < -0.4 is 5.32 Å². The van der Waals surface area contributed by atoms with Crippen molar-refractivity contribution in [1.29, 1.82) is 0 Å².